The normalized spacial score (nSPS) is 9.23. The van der Waals surface area contributed by atoms with Crippen molar-refractivity contribution < 1.29 is 103 Å². The first-order valence-electron chi connectivity index (χ1n) is 6.43. The molecule has 0 spiro atoms. The fourth-order valence-electron chi connectivity index (χ4n) is 1.19. The zero-order chi connectivity index (χ0) is 22.5. The van der Waals surface area contributed by atoms with Gasteiger partial charge in [-0.15, -0.1) is 0 Å². The van der Waals surface area contributed by atoms with E-state index < -0.39 is 76.8 Å². The van der Waals surface area contributed by atoms with E-state index in [1.54, 1.807) is 0 Å². The van der Waals surface area contributed by atoms with Gasteiger partial charge in [0.2, 0.25) is 58.2 Å². The number of aromatic hydroxyl groups is 2. The second-order valence-corrected chi connectivity index (χ2v) is 4.47. The van der Waals surface area contributed by atoms with Gasteiger partial charge in [0.15, 0.2) is 11.5 Å². The van der Waals surface area contributed by atoms with E-state index in [0.717, 1.165) is 0 Å². The number of benzene rings is 2. The minimum absolute atomic E-state index is 0. The van der Waals surface area contributed by atoms with Gasteiger partial charge in [0.25, 0.3) is 0 Å². The van der Waals surface area contributed by atoms with Crippen LogP contribution in [0.1, 0.15) is 0 Å². The minimum Gasteiger partial charge on any atom is -0.503 e. The summed E-state index contributed by atoms with van der Waals surface area (Å²) in [5.74, 6) is -25.9. The molecule has 0 atom stereocenters. The second-order valence-electron chi connectivity index (χ2n) is 4.47. The van der Waals surface area contributed by atoms with E-state index >= 15 is 0 Å². The van der Waals surface area contributed by atoms with Crippen LogP contribution in [0.3, 0.4) is 0 Å². The number of rotatable bonds is 0. The van der Waals surface area contributed by atoms with Crippen LogP contribution < -0.4 is 0 Å². The van der Waals surface area contributed by atoms with Gasteiger partial charge in [-0.3, -0.25) is 0 Å². The van der Waals surface area contributed by atoms with Crippen LogP contribution in [0.15, 0.2) is 0 Å². The predicted octanol–water partition coefficient (Wildman–Crippen LogP) is 3.26. The Morgan fingerprint density at radius 3 is 0.667 bits per heavy atom. The third-order valence-corrected chi connectivity index (χ3v) is 2.37. The summed E-state index contributed by atoms with van der Waals surface area (Å²) in [6.45, 7) is 1.28. The Kier molecular flexibility index (Phi) is 15.3. The van der Waals surface area contributed by atoms with Crippen molar-refractivity contribution in [2.24, 2.45) is 0 Å². The second kappa shape index (κ2) is 13.8. The van der Waals surface area contributed by atoms with Crippen LogP contribution in [0.5, 0.6) is 11.5 Å². The monoisotopic (exact) mass is 556 g/mol. The Bertz CT molecular complexity index is 593. The fraction of sp³-hybridized carbons (Fsp3) is 0.0769. The molecule has 0 fully saturated rings. The van der Waals surface area contributed by atoms with Gasteiger partial charge in [-0.1, -0.05) is 0 Å². The minimum atomic E-state index is -2.29. The molecule has 4 nitrogen and oxygen atoms in total. The number of halogens is 10. The van der Waals surface area contributed by atoms with Gasteiger partial charge in [-0.2, -0.15) is 17.6 Å². The summed E-state index contributed by atoms with van der Waals surface area (Å²) in [4.78, 5) is 0. The molecular formula is C13H7BF10O4Zn2. The van der Waals surface area contributed by atoms with E-state index in [2.05, 4.69) is 0 Å². The molecular weight excluding hydrogens is 552 g/mol. The summed E-state index contributed by atoms with van der Waals surface area (Å²) in [5, 5.41) is 31.8. The molecule has 30 heavy (non-hydrogen) atoms. The van der Waals surface area contributed by atoms with Crippen molar-refractivity contribution in [3.05, 3.63) is 58.2 Å². The van der Waals surface area contributed by atoms with Gasteiger partial charge in [0.1, 0.15) is 0 Å². The number of hydrogen-bond donors (Lipinski definition) is 4. The summed E-state index contributed by atoms with van der Waals surface area (Å²) in [7, 11) is -1.17. The van der Waals surface area contributed by atoms with Crippen LogP contribution in [0.25, 0.3) is 0 Å². The van der Waals surface area contributed by atoms with Gasteiger partial charge in [-0.25, -0.2) is 26.3 Å². The van der Waals surface area contributed by atoms with Crippen molar-refractivity contribution in [3.8, 4) is 11.5 Å². The smallest absolute Gasteiger partial charge is 0.448 e. The molecule has 0 aliphatic heterocycles. The molecule has 0 saturated heterocycles. The van der Waals surface area contributed by atoms with E-state index in [0.29, 0.717) is 0 Å². The third-order valence-electron chi connectivity index (χ3n) is 2.37. The van der Waals surface area contributed by atoms with Crippen LogP contribution in [-0.2, 0) is 39.0 Å². The Morgan fingerprint density at radius 2 is 0.533 bits per heavy atom. The van der Waals surface area contributed by atoms with Crippen molar-refractivity contribution in [1.29, 1.82) is 0 Å². The molecule has 0 aromatic heterocycles. The topological polar surface area (TPSA) is 80.9 Å². The average Bonchev–Trinajstić information content (AvgIpc) is 2.64. The van der Waals surface area contributed by atoms with E-state index in [9.17, 15) is 43.9 Å². The number of phenolic OH excluding ortho intramolecular Hbond substituents is 2. The van der Waals surface area contributed by atoms with Crippen molar-refractivity contribution in [1.82, 2.24) is 0 Å². The van der Waals surface area contributed by atoms with E-state index in [4.69, 9.17) is 20.3 Å². The molecule has 160 valence electrons. The molecule has 2 aromatic rings. The van der Waals surface area contributed by atoms with Crippen molar-refractivity contribution in [2.45, 2.75) is 6.82 Å². The summed E-state index contributed by atoms with van der Waals surface area (Å²) in [6, 6.07) is 0. The maximum absolute atomic E-state index is 12.2. The molecule has 0 aliphatic rings. The third kappa shape index (κ3) is 8.01. The Balaban J connectivity index is -0.000000391. The Hall–Kier alpha value is -1.43. The van der Waals surface area contributed by atoms with E-state index in [-0.39, 0.29) is 39.0 Å². The maximum Gasteiger partial charge on any atom is 0.448 e. The van der Waals surface area contributed by atoms with Crippen LogP contribution >= 0.6 is 0 Å². The zero-order valence-corrected chi connectivity index (χ0v) is 20.5. The molecule has 2 rings (SSSR count). The molecule has 0 unspecified atom stereocenters. The standard InChI is InChI=1S/2C6HF5O.CH5BO2.2Zn/c2*7-1-2(8)4(10)6(12)5(11)3(1)9;1-2(3)4;;/h2*12H;3-4H,1H3;;. The molecule has 4 N–H and O–H groups in total. The zero-order valence-electron chi connectivity index (χ0n) is 14.6. The van der Waals surface area contributed by atoms with Gasteiger partial charge < -0.3 is 20.3 Å². The first-order valence-corrected chi connectivity index (χ1v) is 6.43. The summed E-state index contributed by atoms with van der Waals surface area (Å²) in [5.41, 5.74) is 0. The summed E-state index contributed by atoms with van der Waals surface area (Å²) in [6.07, 6.45) is 0. The quantitative estimate of drug-likeness (QED) is 0.173. The average molecular weight is 559 g/mol. The van der Waals surface area contributed by atoms with Gasteiger partial charge >= 0.3 is 7.12 Å². The van der Waals surface area contributed by atoms with E-state index in [1.165, 1.54) is 6.82 Å². The van der Waals surface area contributed by atoms with Crippen molar-refractivity contribution in [3.63, 3.8) is 0 Å². The van der Waals surface area contributed by atoms with Crippen LogP contribution in [0.4, 0.5) is 43.9 Å². The molecule has 0 heterocycles. The van der Waals surface area contributed by atoms with E-state index in [1.807, 2.05) is 0 Å². The predicted molar refractivity (Wildman–Crippen MR) is 71.8 cm³/mol. The largest absolute Gasteiger partial charge is 0.503 e. The molecule has 0 aliphatic carbocycles. The number of phenols is 2. The van der Waals surface area contributed by atoms with Crippen LogP contribution in [-0.4, -0.2) is 27.4 Å². The molecule has 17 heteroatoms. The molecule has 0 bridgehead atoms. The van der Waals surface area contributed by atoms with Crippen LogP contribution in [0, 0.1) is 58.2 Å². The number of hydrogen-bond acceptors (Lipinski definition) is 4. The molecule has 0 saturated carbocycles. The molecule has 0 amide bonds. The van der Waals surface area contributed by atoms with Gasteiger partial charge in [0, 0.05) is 39.0 Å². The first kappa shape index (κ1) is 33.2. The van der Waals surface area contributed by atoms with Crippen LogP contribution in [0.2, 0.25) is 6.82 Å². The maximum atomic E-state index is 12.2. The first-order chi connectivity index (χ1) is 12.7. The van der Waals surface area contributed by atoms with Gasteiger partial charge in [0.05, 0.1) is 0 Å². The fourth-order valence-corrected chi connectivity index (χ4v) is 1.19. The Labute approximate surface area is 186 Å². The SMILES string of the molecule is CB(O)O.Oc1c(F)c(F)c(F)c(F)c1F.Oc1c(F)c(F)c(F)c(F)c1F.[Zn].[Zn]. The van der Waals surface area contributed by atoms with Crippen molar-refractivity contribution >= 4 is 7.12 Å². The summed E-state index contributed by atoms with van der Waals surface area (Å²) >= 11 is 0. The van der Waals surface area contributed by atoms with Gasteiger partial charge in [-0.05, 0) is 6.82 Å². The summed E-state index contributed by atoms with van der Waals surface area (Å²) < 4.78 is 121. The molecule has 2 aromatic carbocycles. The molecule has 0 radical (unpaired) electrons. The Morgan fingerprint density at radius 1 is 0.433 bits per heavy atom. The van der Waals surface area contributed by atoms with Crippen molar-refractivity contribution in [2.75, 3.05) is 0 Å².